The highest BCUT2D eigenvalue weighted by Gasteiger charge is 2.42. The number of fused-ring (bicyclic) bond motifs is 1. The normalized spacial score (nSPS) is 18.5. The molecule has 2 unspecified atom stereocenters. The highest BCUT2D eigenvalue weighted by atomic mass is 35.5. The lowest BCUT2D eigenvalue weighted by Crippen LogP contribution is -2.52. The van der Waals surface area contributed by atoms with Crippen LogP contribution in [0.15, 0.2) is 72.8 Å². The van der Waals surface area contributed by atoms with Crippen molar-refractivity contribution < 1.29 is 24.1 Å². The molecule has 0 bridgehead atoms. The molecule has 1 aliphatic rings. The van der Waals surface area contributed by atoms with Gasteiger partial charge in [0.05, 0.1) is 6.04 Å². The fraction of sp³-hybridized carbons (Fsp3) is 0.296. The number of ether oxygens (including phenoxy) is 3. The molecule has 0 aromatic heterocycles. The van der Waals surface area contributed by atoms with Gasteiger partial charge in [-0.15, -0.1) is 0 Å². The smallest absolute Gasteiger partial charge is 0.485 e. The Hall–Kier alpha value is -3.06. The molecule has 0 aliphatic carbocycles. The first-order chi connectivity index (χ1) is 16.3. The zero-order valence-electron chi connectivity index (χ0n) is 19.2. The van der Waals surface area contributed by atoms with Gasteiger partial charge in [-0.05, 0) is 62.2 Å². The van der Waals surface area contributed by atoms with E-state index < -0.39 is 17.9 Å². The van der Waals surface area contributed by atoms with E-state index in [4.69, 9.17) is 25.8 Å². The van der Waals surface area contributed by atoms with Crippen molar-refractivity contribution in [2.45, 2.75) is 44.6 Å². The summed E-state index contributed by atoms with van der Waals surface area (Å²) in [7, 11) is 0. The number of rotatable bonds is 7. The van der Waals surface area contributed by atoms with E-state index in [1.54, 1.807) is 24.3 Å². The van der Waals surface area contributed by atoms with Crippen LogP contribution < -0.4 is 14.8 Å². The number of hydrogen-bond acceptors (Lipinski definition) is 6. The number of carbonyl (C=O) groups is 1. The molecular weight excluding hydrogens is 454 g/mol. The summed E-state index contributed by atoms with van der Waals surface area (Å²) in [6.07, 6.45) is -0.737. The third kappa shape index (κ3) is 5.89. The molecule has 3 aromatic carbocycles. The second kappa shape index (κ2) is 10.5. The largest absolute Gasteiger partial charge is 0.514 e. The molecule has 0 saturated carbocycles. The van der Waals surface area contributed by atoms with Crippen LogP contribution in [0.5, 0.6) is 11.5 Å². The van der Waals surface area contributed by atoms with Gasteiger partial charge in [0.2, 0.25) is 0 Å². The molecule has 7 heteroatoms. The SMILES string of the molecule is CC1(C)Oc2cc(Cl)ccc2C(NCCc2ccc(OC(=O)OCc3ccccc3)cc2)C1O. The Balaban J connectivity index is 1.29. The molecule has 1 aliphatic heterocycles. The lowest BCUT2D eigenvalue weighted by molar-refractivity contribution is -0.0643. The average Bonchev–Trinajstić information content (AvgIpc) is 2.82. The molecule has 2 atom stereocenters. The first kappa shape index (κ1) is 24.1. The van der Waals surface area contributed by atoms with Crippen LogP contribution in [0, 0.1) is 0 Å². The summed E-state index contributed by atoms with van der Waals surface area (Å²) in [6.45, 7) is 4.52. The molecule has 1 heterocycles. The number of hydrogen-bond donors (Lipinski definition) is 2. The maximum atomic E-state index is 11.9. The van der Waals surface area contributed by atoms with Gasteiger partial charge in [-0.1, -0.05) is 60.1 Å². The highest BCUT2D eigenvalue weighted by Crippen LogP contribution is 2.40. The van der Waals surface area contributed by atoms with Crippen molar-refractivity contribution in [2.24, 2.45) is 0 Å². The molecule has 0 saturated heterocycles. The van der Waals surface area contributed by atoms with Crippen molar-refractivity contribution in [1.82, 2.24) is 5.32 Å². The van der Waals surface area contributed by atoms with Crippen LogP contribution in [0.2, 0.25) is 5.02 Å². The van der Waals surface area contributed by atoms with Crippen LogP contribution in [0.3, 0.4) is 0 Å². The van der Waals surface area contributed by atoms with Crippen molar-refractivity contribution in [3.8, 4) is 11.5 Å². The molecule has 0 radical (unpaired) electrons. The Kier molecular flexibility index (Phi) is 7.41. The second-order valence-electron chi connectivity index (χ2n) is 8.78. The van der Waals surface area contributed by atoms with Gasteiger partial charge in [0.25, 0.3) is 0 Å². The zero-order valence-corrected chi connectivity index (χ0v) is 19.9. The molecular formula is C27H28ClNO5. The summed E-state index contributed by atoms with van der Waals surface area (Å²) in [6, 6.07) is 21.9. The van der Waals surface area contributed by atoms with Crippen molar-refractivity contribution >= 4 is 17.8 Å². The number of benzene rings is 3. The van der Waals surface area contributed by atoms with Crippen LogP contribution in [0.25, 0.3) is 0 Å². The molecule has 0 fully saturated rings. The second-order valence-corrected chi connectivity index (χ2v) is 9.22. The highest BCUT2D eigenvalue weighted by molar-refractivity contribution is 6.30. The predicted molar refractivity (Wildman–Crippen MR) is 130 cm³/mol. The number of carbonyl (C=O) groups excluding carboxylic acids is 1. The minimum Gasteiger partial charge on any atom is -0.485 e. The van der Waals surface area contributed by atoms with Gasteiger partial charge in [-0.25, -0.2) is 4.79 Å². The van der Waals surface area contributed by atoms with Gasteiger partial charge < -0.3 is 24.6 Å². The fourth-order valence-electron chi connectivity index (χ4n) is 3.93. The minimum absolute atomic E-state index is 0.160. The van der Waals surface area contributed by atoms with E-state index in [0.717, 1.165) is 23.1 Å². The van der Waals surface area contributed by atoms with E-state index in [-0.39, 0.29) is 12.6 Å². The quantitative estimate of drug-likeness (QED) is 0.344. The molecule has 34 heavy (non-hydrogen) atoms. The van der Waals surface area contributed by atoms with Gasteiger partial charge in [-0.3, -0.25) is 0 Å². The molecule has 0 spiro atoms. The molecule has 6 nitrogen and oxygen atoms in total. The molecule has 4 rings (SSSR count). The fourth-order valence-corrected chi connectivity index (χ4v) is 4.09. The maximum absolute atomic E-state index is 11.9. The van der Waals surface area contributed by atoms with Crippen molar-refractivity contribution in [1.29, 1.82) is 0 Å². The van der Waals surface area contributed by atoms with Gasteiger partial charge in [0.15, 0.2) is 0 Å². The zero-order chi connectivity index (χ0) is 24.1. The summed E-state index contributed by atoms with van der Waals surface area (Å²) >= 11 is 6.13. The summed E-state index contributed by atoms with van der Waals surface area (Å²) in [5, 5.41) is 14.9. The summed E-state index contributed by atoms with van der Waals surface area (Å²) < 4.78 is 16.4. The third-order valence-corrected chi connectivity index (χ3v) is 6.05. The number of nitrogens with one attached hydrogen (secondary N) is 1. The van der Waals surface area contributed by atoms with E-state index in [0.29, 0.717) is 23.1 Å². The maximum Gasteiger partial charge on any atom is 0.514 e. The predicted octanol–water partition coefficient (Wildman–Crippen LogP) is 5.46. The standard InChI is InChI=1S/C27H28ClNO5/c1-27(2)25(30)24(22-13-10-20(28)16-23(22)34-27)29-15-14-18-8-11-21(12-9-18)33-26(31)32-17-19-6-4-3-5-7-19/h3-13,16,24-25,29-30H,14-15,17H2,1-2H3. The van der Waals surface area contributed by atoms with Crippen LogP contribution in [0.4, 0.5) is 4.79 Å². The van der Waals surface area contributed by atoms with Crippen LogP contribution in [-0.2, 0) is 17.8 Å². The van der Waals surface area contributed by atoms with Gasteiger partial charge in [-0.2, -0.15) is 0 Å². The topological polar surface area (TPSA) is 77.0 Å². The van der Waals surface area contributed by atoms with Crippen LogP contribution in [-0.4, -0.2) is 29.5 Å². The molecule has 3 aromatic rings. The lowest BCUT2D eigenvalue weighted by atomic mass is 9.86. The Morgan fingerprint density at radius 1 is 1.06 bits per heavy atom. The lowest BCUT2D eigenvalue weighted by Gasteiger charge is -2.42. The van der Waals surface area contributed by atoms with Gasteiger partial charge in [0, 0.05) is 10.6 Å². The average molecular weight is 482 g/mol. The first-order valence-corrected chi connectivity index (χ1v) is 11.6. The number of aliphatic hydroxyl groups is 1. The van der Waals surface area contributed by atoms with Crippen molar-refractivity contribution in [3.63, 3.8) is 0 Å². The minimum atomic E-state index is -0.747. The van der Waals surface area contributed by atoms with E-state index in [1.165, 1.54) is 0 Å². The molecule has 178 valence electrons. The van der Waals surface area contributed by atoms with E-state index in [1.807, 2.05) is 62.4 Å². The van der Waals surface area contributed by atoms with E-state index >= 15 is 0 Å². The number of halogens is 1. The Bertz CT molecular complexity index is 1120. The van der Waals surface area contributed by atoms with Crippen LogP contribution >= 0.6 is 11.6 Å². The van der Waals surface area contributed by atoms with Gasteiger partial charge in [0.1, 0.15) is 29.8 Å². The Morgan fingerprint density at radius 3 is 2.53 bits per heavy atom. The summed E-state index contributed by atoms with van der Waals surface area (Å²) in [4.78, 5) is 11.9. The first-order valence-electron chi connectivity index (χ1n) is 11.2. The van der Waals surface area contributed by atoms with E-state index in [2.05, 4.69) is 5.32 Å². The van der Waals surface area contributed by atoms with Crippen molar-refractivity contribution in [3.05, 3.63) is 94.5 Å². The molecule has 2 N–H and O–H groups in total. The van der Waals surface area contributed by atoms with Crippen molar-refractivity contribution in [2.75, 3.05) is 6.54 Å². The van der Waals surface area contributed by atoms with E-state index in [9.17, 15) is 9.90 Å². The number of aliphatic hydroxyl groups excluding tert-OH is 1. The Morgan fingerprint density at radius 2 is 1.79 bits per heavy atom. The summed E-state index contributed by atoms with van der Waals surface area (Å²) in [5.74, 6) is 1.10. The third-order valence-electron chi connectivity index (χ3n) is 5.81. The monoisotopic (exact) mass is 481 g/mol. The Labute approximate surface area is 204 Å². The molecule has 0 amide bonds. The van der Waals surface area contributed by atoms with Gasteiger partial charge >= 0.3 is 6.16 Å². The summed E-state index contributed by atoms with van der Waals surface area (Å²) in [5.41, 5.74) is 2.10. The van der Waals surface area contributed by atoms with Crippen LogP contribution in [0.1, 0.15) is 36.6 Å².